The molecule has 1 saturated heterocycles. The predicted octanol–water partition coefficient (Wildman–Crippen LogP) is 2.41. The van der Waals surface area contributed by atoms with Crippen molar-refractivity contribution in [2.75, 3.05) is 25.0 Å². The van der Waals surface area contributed by atoms with E-state index in [-0.39, 0.29) is 5.91 Å². The molecule has 2 rings (SSSR count). The van der Waals surface area contributed by atoms with Gasteiger partial charge in [-0.15, -0.1) is 0 Å². The molecular weight excluding hydrogens is 252 g/mol. The Kier molecular flexibility index (Phi) is 4.33. The van der Waals surface area contributed by atoms with E-state index in [9.17, 15) is 9.90 Å². The second-order valence-electron chi connectivity index (χ2n) is 5.85. The number of hydrogen-bond donors (Lipinski definition) is 2. The molecule has 4 heteroatoms. The average molecular weight is 276 g/mol. The fourth-order valence-electron chi connectivity index (χ4n) is 2.56. The summed E-state index contributed by atoms with van der Waals surface area (Å²) >= 11 is 0. The van der Waals surface area contributed by atoms with Crippen molar-refractivity contribution in [3.63, 3.8) is 0 Å². The molecule has 0 spiro atoms. The van der Waals surface area contributed by atoms with E-state index in [2.05, 4.69) is 12.2 Å². The minimum Gasteiger partial charge on any atom is -0.390 e. The number of benzene rings is 1. The van der Waals surface area contributed by atoms with Crippen molar-refractivity contribution in [3.8, 4) is 0 Å². The maximum atomic E-state index is 12.5. The lowest BCUT2D eigenvalue weighted by molar-refractivity contribution is -0.00202. The number of carbonyl (C=O) groups excluding carboxylic acids is 1. The van der Waals surface area contributed by atoms with Crippen LogP contribution in [0.5, 0.6) is 0 Å². The molecule has 110 valence electrons. The zero-order valence-electron chi connectivity index (χ0n) is 12.6. The summed E-state index contributed by atoms with van der Waals surface area (Å²) in [6, 6.07) is 5.78. The maximum Gasteiger partial charge on any atom is 0.253 e. The minimum absolute atomic E-state index is 0.0617. The number of nitrogens with zero attached hydrogens (tertiary/aromatic N) is 1. The lowest BCUT2D eigenvalue weighted by atomic mass is 9.93. The number of anilines is 1. The smallest absolute Gasteiger partial charge is 0.253 e. The van der Waals surface area contributed by atoms with Gasteiger partial charge >= 0.3 is 0 Å². The Morgan fingerprint density at radius 3 is 2.60 bits per heavy atom. The molecule has 1 fully saturated rings. The summed E-state index contributed by atoms with van der Waals surface area (Å²) in [6.07, 6.45) is 1.29. The van der Waals surface area contributed by atoms with E-state index in [0.29, 0.717) is 25.9 Å². The van der Waals surface area contributed by atoms with Gasteiger partial charge in [0, 0.05) is 30.9 Å². The third-order valence-corrected chi connectivity index (χ3v) is 3.97. The number of piperidine rings is 1. The number of aliphatic hydroxyl groups is 1. The number of nitrogens with one attached hydrogen (secondary N) is 1. The molecule has 1 aromatic carbocycles. The van der Waals surface area contributed by atoms with Crippen LogP contribution < -0.4 is 5.32 Å². The Labute approximate surface area is 120 Å². The van der Waals surface area contributed by atoms with Crippen LogP contribution in [-0.2, 0) is 0 Å². The van der Waals surface area contributed by atoms with E-state index in [4.69, 9.17) is 0 Å². The van der Waals surface area contributed by atoms with Gasteiger partial charge in [0.25, 0.3) is 5.91 Å². The molecule has 4 nitrogen and oxygen atoms in total. The van der Waals surface area contributed by atoms with E-state index >= 15 is 0 Å². The monoisotopic (exact) mass is 276 g/mol. The molecule has 0 atom stereocenters. The first-order valence-electron chi connectivity index (χ1n) is 7.29. The third-order valence-electron chi connectivity index (χ3n) is 3.97. The first-order valence-corrected chi connectivity index (χ1v) is 7.29. The Balaban J connectivity index is 2.08. The maximum absolute atomic E-state index is 12.5. The van der Waals surface area contributed by atoms with Crippen LogP contribution in [0.3, 0.4) is 0 Å². The van der Waals surface area contributed by atoms with Gasteiger partial charge in [-0.2, -0.15) is 0 Å². The zero-order valence-corrected chi connectivity index (χ0v) is 12.6. The van der Waals surface area contributed by atoms with E-state index in [1.165, 1.54) is 0 Å². The lowest BCUT2D eigenvalue weighted by Crippen LogP contribution is -2.45. The van der Waals surface area contributed by atoms with Crippen molar-refractivity contribution in [1.82, 2.24) is 4.90 Å². The Hall–Kier alpha value is -1.55. The number of carbonyl (C=O) groups is 1. The van der Waals surface area contributed by atoms with Gasteiger partial charge in [-0.25, -0.2) is 0 Å². The fraction of sp³-hybridized carbons (Fsp3) is 0.562. The topological polar surface area (TPSA) is 52.6 Å². The third kappa shape index (κ3) is 3.31. The van der Waals surface area contributed by atoms with Crippen molar-refractivity contribution in [2.24, 2.45) is 0 Å². The molecule has 0 aromatic heterocycles. The summed E-state index contributed by atoms with van der Waals surface area (Å²) in [4.78, 5) is 14.3. The summed E-state index contributed by atoms with van der Waals surface area (Å²) in [6.45, 7) is 8.02. The molecule has 20 heavy (non-hydrogen) atoms. The average Bonchev–Trinajstić information content (AvgIpc) is 2.40. The highest BCUT2D eigenvalue weighted by atomic mass is 16.3. The second-order valence-corrected chi connectivity index (χ2v) is 5.85. The highest BCUT2D eigenvalue weighted by Gasteiger charge is 2.29. The van der Waals surface area contributed by atoms with Crippen LogP contribution in [0.25, 0.3) is 0 Å². The molecule has 0 bridgehead atoms. The Bertz CT molecular complexity index is 487. The van der Waals surface area contributed by atoms with Crippen molar-refractivity contribution in [1.29, 1.82) is 0 Å². The van der Waals surface area contributed by atoms with Gasteiger partial charge < -0.3 is 15.3 Å². The molecule has 1 aliphatic rings. The van der Waals surface area contributed by atoms with E-state index in [1.54, 1.807) is 0 Å². The Morgan fingerprint density at radius 1 is 1.40 bits per heavy atom. The van der Waals surface area contributed by atoms with Gasteiger partial charge in [0.05, 0.1) is 5.60 Å². The van der Waals surface area contributed by atoms with E-state index < -0.39 is 5.60 Å². The molecule has 1 aromatic rings. The first kappa shape index (κ1) is 14.9. The molecule has 0 saturated carbocycles. The first-order chi connectivity index (χ1) is 9.43. The summed E-state index contributed by atoms with van der Waals surface area (Å²) in [5.41, 5.74) is 2.26. The van der Waals surface area contributed by atoms with Crippen molar-refractivity contribution in [2.45, 2.75) is 39.2 Å². The van der Waals surface area contributed by atoms with Crippen molar-refractivity contribution in [3.05, 3.63) is 29.3 Å². The Morgan fingerprint density at radius 2 is 2.05 bits per heavy atom. The molecule has 0 aliphatic carbocycles. The summed E-state index contributed by atoms with van der Waals surface area (Å²) in [7, 11) is 0. The lowest BCUT2D eigenvalue weighted by Gasteiger charge is -2.35. The van der Waals surface area contributed by atoms with Gasteiger partial charge in [0.2, 0.25) is 0 Å². The number of rotatable bonds is 3. The molecule has 0 radical (unpaired) electrons. The molecule has 1 heterocycles. The van der Waals surface area contributed by atoms with Crippen LogP contribution >= 0.6 is 0 Å². The van der Waals surface area contributed by atoms with Crippen LogP contribution in [0.2, 0.25) is 0 Å². The standard InChI is InChI=1S/C16H24N2O2/c1-4-17-14-6-5-13(11-12(14)2)15(19)18-9-7-16(3,20)8-10-18/h5-6,11,17,20H,4,7-10H2,1-3H3. The quantitative estimate of drug-likeness (QED) is 0.891. The van der Waals surface area contributed by atoms with Crippen molar-refractivity contribution < 1.29 is 9.90 Å². The number of hydrogen-bond acceptors (Lipinski definition) is 3. The van der Waals surface area contributed by atoms with Gasteiger partial charge in [0.1, 0.15) is 0 Å². The fourth-order valence-corrected chi connectivity index (χ4v) is 2.56. The largest absolute Gasteiger partial charge is 0.390 e. The molecular formula is C16H24N2O2. The zero-order chi connectivity index (χ0) is 14.8. The van der Waals surface area contributed by atoms with Gasteiger partial charge in [0.15, 0.2) is 0 Å². The van der Waals surface area contributed by atoms with Crippen LogP contribution in [0.4, 0.5) is 5.69 Å². The molecule has 0 unspecified atom stereocenters. The normalized spacial score (nSPS) is 17.9. The molecule has 2 N–H and O–H groups in total. The van der Waals surface area contributed by atoms with Crippen LogP contribution in [0, 0.1) is 6.92 Å². The SMILES string of the molecule is CCNc1ccc(C(=O)N2CCC(C)(O)CC2)cc1C. The molecule has 1 amide bonds. The van der Waals surface area contributed by atoms with Gasteiger partial charge in [-0.05, 0) is 57.4 Å². The van der Waals surface area contributed by atoms with Crippen molar-refractivity contribution >= 4 is 11.6 Å². The minimum atomic E-state index is -0.623. The van der Waals surface area contributed by atoms with E-state index in [1.807, 2.05) is 36.9 Å². The van der Waals surface area contributed by atoms with Gasteiger partial charge in [-0.3, -0.25) is 4.79 Å². The predicted molar refractivity (Wildman–Crippen MR) is 81.1 cm³/mol. The second kappa shape index (κ2) is 5.83. The highest BCUT2D eigenvalue weighted by molar-refractivity contribution is 5.95. The summed E-state index contributed by atoms with van der Waals surface area (Å²) in [5, 5.41) is 13.2. The highest BCUT2D eigenvalue weighted by Crippen LogP contribution is 2.23. The summed E-state index contributed by atoms with van der Waals surface area (Å²) in [5.74, 6) is 0.0617. The number of aryl methyl sites for hydroxylation is 1. The number of amides is 1. The van der Waals surface area contributed by atoms with Crippen LogP contribution in [0.15, 0.2) is 18.2 Å². The summed E-state index contributed by atoms with van der Waals surface area (Å²) < 4.78 is 0. The number of likely N-dealkylation sites (tertiary alicyclic amines) is 1. The van der Waals surface area contributed by atoms with E-state index in [0.717, 1.165) is 23.4 Å². The van der Waals surface area contributed by atoms with Crippen LogP contribution in [-0.4, -0.2) is 41.1 Å². The van der Waals surface area contributed by atoms with Gasteiger partial charge in [-0.1, -0.05) is 0 Å². The van der Waals surface area contributed by atoms with Crippen LogP contribution in [0.1, 0.15) is 42.6 Å². The molecule has 1 aliphatic heterocycles.